The van der Waals surface area contributed by atoms with Crippen LogP contribution in [0, 0.1) is 0 Å². The molecule has 2 saturated heterocycles. The largest absolute Gasteiger partial charge is 0.381 e. The van der Waals surface area contributed by atoms with Gasteiger partial charge in [0.05, 0.1) is 0 Å². The second-order valence-electron chi connectivity index (χ2n) is 4.29. The Bertz CT molecular complexity index is 150. The minimum atomic E-state index is 0.706. The van der Waals surface area contributed by atoms with Crippen LogP contribution in [-0.4, -0.2) is 61.8 Å². The third kappa shape index (κ3) is 4.31. The average Bonchev–Trinajstić information content (AvgIpc) is 2.32. The molecule has 2 heterocycles. The van der Waals surface area contributed by atoms with Gasteiger partial charge in [0.1, 0.15) is 0 Å². The van der Waals surface area contributed by atoms with Crippen molar-refractivity contribution < 1.29 is 4.74 Å². The summed E-state index contributed by atoms with van der Waals surface area (Å²) in [7, 11) is 0. The third-order valence-corrected chi connectivity index (χ3v) is 4.13. The van der Waals surface area contributed by atoms with Crippen molar-refractivity contribution in [1.82, 2.24) is 10.2 Å². The molecule has 2 aliphatic heterocycles. The zero-order chi connectivity index (χ0) is 10.3. The Hall–Kier alpha value is 0.230. The highest BCUT2D eigenvalue weighted by atomic mass is 32.2. The molecule has 15 heavy (non-hydrogen) atoms. The van der Waals surface area contributed by atoms with Gasteiger partial charge in [0.25, 0.3) is 0 Å². The smallest absolute Gasteiger partial charge is 0.0480 e. The lowest BCUT2D eigenvalue weighted by Crippen LogP contribution is -2.42. The minimum absolute atomic E-state index is 0.706. The molecular formula is C11H22N2OS. The van der Waals surface area contributed by atoms with Gasteiger partial charge in [0, 0.05) is 56.9 Å². The van der Waals surface area contributed by atoms with Crippen LogP contribution in [0.15, 0.2) is 0 Å². The van der Waals surface area contributed by atoms with Crippen molar-refractivity contribution in [2.24, 2.45) is 0 Å². The molecule has 4 heteroatoms. The molecule has 0 bridgehead atoms. The topological polar surface area (TPSA) is 24.5 Å². The molecule has 0 aromatic rings. The molecule has 2 fully saturated rings. The zero-order valence-electron chi connectivity index (χ0n) is 9.41. The number of rotatable bonds is 4. The van der Waals surface area contributed by atoms with E-state index < -0.39 is 0 Å². The molecule has 0 atom stereocenters. The molecule has 0 unspecified atom stereocenters. The van der Waals surface area contributed by atoms with Crippen molar-refractivity contribution in [3.05, 3.63) is 0 Å². The molecule has 2 aliphatic rings. The maximum absolute atomic E-state index is 5.34. The summed E-state index contributed by atoms with van der Waals surface area (Å²) >= 11 is 2.08. The Kier molecular flexibility index (Phi) is 5.26. The minimum Gasteiger partial charge on any atom is -0.381 e. The van der Waals surface area contributed by atoms with E-state index in [0.29, 0.717) is 6.04 Å². The zero-order valence-corrected chi connectivity index (χ0v) is 10.2. The standard InChI is InChI=1S/C11H22N2OS/c1-7-14-8-2-11(1)12-3-4-13-5-9-15-10-6-13/h11-12H,1-10H2. The van der Waals surface area contributed by atoms with Crippen LogP contribution in [-0.2, 0) is 4.74 Å². The van der Waals surface area contributed by atoms with Gasteiger partial charge in [-0.1, -0.05) is 0 Å². The molecule has 2 rings (SSSR count). The summed E-state index contributed by atoms with van der Waals surface area (Å²) < 4.78 is 5.34. The first-order chi connectivity index (χ1) is 7.45. The van der Waals surface area contributed by atoms with Gasteiger partial charge in [0.15, 0.2) is 0 Å². The first-order valence-corrected chi connectivity index (χ1v) is 7.22. The Morgan fingerprint density at radius 3 is 2.67 bits per heavy atom. The highest BCUT2D eigenvalue weighted by Gasteiger charge is 2.14. The monoisotopic (exact) mass is 230 g/mol. The van der Waals surface area contributed by atoms with Crippen molar-refractivity contribution >= 4 is 11.8 Å². The summed E-state index contributed by atoms with van der Waals surface area (Å²) in [4.78, 5) is 2.57. The summed E-state index contributed by atoms with van der Waals surface area (Å²) in [6.45, 7) is 6.81. The summed E-state index contributed by atoms with van der Waals surface area (Å²) in [6, 6.07) is 0.706. The van der Waals surface area contributed by atoms with Crippen LogP contribution in [0.25, 0.3) is 0 Å². The Labute approximate surface area is 96.9 Å². The predicted molar refractivity (Wildman–Crippen MR) is 65.6 cm³/mol. The van der Waals surface area contributed by atoms with Crippen molar-refractivity contribution in [1.29, 1.82) is 0 Å². The van der Waals surface area contributed by atoms with E-state index in [0.717, 1.165) is 19.8 Å². The normalized spacial score (nSPS) is 25.6. The second-order valence-corrected chi connectivity index (χ2v) is 5.52. The first-order valence-electron chi connectivity index (χ1n) is 6.06. The molecule has 0 radical (unpaired) electrons. The fourth-order valence-corrected chi connectivity index (χ4v) is 3.13. The molecular weight excluding hydrogens is 208 g/mol. The fourth-order valence-electron chi connectivity index (χ4n) is 2.15. The number of hydrogen-bond donors (Lipinski definition) is 1. The SMILES string of the molecule is C(CN1CCSCC1)NC1CCOCC1. The number of hydrogen-bond acceptors (Lipinski definition) is 4. The van der Waals surface area contributed by atoms with Crippen LogP contribution < -0.4 is 5.32 Å². The summed E-state index contributed by atoms with van der Waals surface area (Å²) in [6.07, 6.45) is 2.38. The molecule has 0 aliphatic carbocycles. The van der Waals surface area contributed by atoms with E-state index in [1.165, 1.54) is 44.0 Å². The van der Waals surface area contributed by atoms with Crippen LogP contribution in [0.5, 0.6) is 0 Å². The molecule has 0 saturated carbocycles. The van der Waals surface area contributed by atoms with Crippen molar-refractivity contribution in [3.8, 4) is 0 Å². The van der Waals surface area contributed by atoms with Gasteiger partial charge in [0.2, 0.25) is 0 Å². The number of nitrogens with zero attached hydrogens (tertiary/aromatic N) is 1. The van der Waals surface area contributed by atoms with E-state index in [1.807, 2.05) is 0 Å². The second kappa shape index (κ2) is 6.74. The van der Waals surface area contributed by atoms with Crippen LogP contribution in [0.2, 0.25) is 0 Å². The molecule has 0 spiro atoms. The maximum Gasteiger partial charge on any atom is 0.0480 e. The van der Waals surface area contributed by atoms with Gasteiger partial charge >= 0.3 is 0 Å². The summed E-state index contributed by atoms with van der Waals surface area (Å²) in [5.74, 6) is 2.63. The lowest BCUT2D eigenvalue weighted by molar-refractivity contribution is 0.0773. The molecule has 3 nitrogen and oxygen atoms in total. The van der Waals surface area contributed by atoms with Crippen molar-refractivity contribution in [2.45, 2.75) is 18.9 Å². The molecule has 1 N–H and O–H groups in total. The lowest BCUT2D eigenvalue weighted by Gasteiger charge is -2.28. The van der Waals surface area contributed by atoms with E-state index in [4.69, 9.17) is 4.74 Å². The van der Waals surface area contributed by atoms with E-state index in [9.17, 15) is 0 Å². The lowest BCUT2D eigenvalue weighted by atomic mass is 10.1. The first kappa shape index (κ1) is 11.7. The van der Waals surface area contributed by atoms with E-state index >= 15 is 0 Å². The van der Waals surface area contributed by atoms with E-state index in [2.05, 4.69) is 22.0 Å². The van der Waals surface area contributed by atoms with Gasteiger partial charge in [-0.05, 0) is 12.8 Å². The van der Waals surface area contributed by atoms with Gasteiger partial charge in [-0.25, -0.2) is 0 Å². The van der Waals surface area contributed by atoms with Crippen molar-refractivity contribution in [2.75, 3.05) is 50.9 Å². The van der Waals surface area contributed by atoms with Gasteiger partial charge < -0.3 is 15.0 Å². The highest BCUT2D eigenvalue weighted by molar-refractivity contribution is 7.99. The van der Waals surface area contributed by atoms with Gasteiger partial charge in [-0.3, -0.25) is 0 Å². The highest BCUT2D eigenvalue weighted by Crippen LogP contribution is 2.09. The van der Waals surface area contributed by atoms with Crippen molar-refractivity contribution in [3.63, 3.8) is 0 Å². The average molecular weight is 230 g/mol. The van der Waals surface area contributed by atoms with Gasteiger partial charge in [-0.2, -0.15) is 11.8 Å². The summed E-state index contributed by atoms with van der Waals surface area (Å²) in [5, 5.41) is 3.64. The van der Waals surface area contributed by atoms with Crippen LogP contribution in [0.1, 0.15) is 12.8 Å². The molecule has 0 aromatic heterocycles. The Balaban J connectivity index is 1.53. The molecule has 0 amide bonds. The maximum atomic E-state index is 5.34. The van der Waals surface area contributed by atoms with Crippen LogP contribution in [0.3, 0.4) is 0 Å². The van der Waals surface area contributed by atoms with Crippen LogP contribution in [0.4, 0.5) is 0 Å². The third-order valence-electron chi connectivity index (χ3n) is 3.19. The van der Waals surface area contributed by atoms with Crippen LogP contribution >= 0.6 is 11.8 Å². The predicted octanol–water partition coefficient (Wildman–Crippen LogP) is 0.804. The fraction of sp³-hybridized carbons (Fsp3) is 1.00. The quantitative estimate of drug-likeness (QED) is 0.772. The Morgan fingerprint density at radius 2 is 1.93 bits per heavy atom. The van der Waals surface area contributed by atoms with Gasteiger partial charge in [-0.15, -0.1) is 0 Å². The molecule has 88 valence electrons. The number of thioether (sulfide) groups is 1. The number of ether oxygens (including phenoxy) is 1. The number of nitrogens with one attached hydrogen (secondary N) is 1. The summed E-state index contributed by atoms with van der Waals surface area (Å²) in [5.41, 5.74) is 0. The van der Waals surface area contributed by atoms with E-state index in [1.54, 1.807) is 0 Å². The molecule has 0 aromatic carbocycles. The van der Waals surface area contributed by atoms with E-state index in [-0.39, 0.29) is 0 Å². The Morgan fingerprint density at radius 1 is 1.20 bits per heavy atom.